The number of ether oxygens (including phenoxy) is 2. The Morgan fingerprint density at radius 2 is 1.94 bits per heavy atom. The molecular formula is C23H23F2N5O3. The van der Waals surface area contributed by atoms with Crippen molar-refractivity contribution in [3.05, 3.63) is 70.4 Å². The van der Waals surface area contributed by atoms with Gasteiger partial charge in [-0.3, -0.25) is 9.96 Å². The van der Waals surface area contributed by atoms with E-state index in [-0.39, 0.29) is 36.5 Å². The number of fused-ring (bicyclic) bond motifs is 1. The molecule has 5 rings (SSSR count). The van der Waals surface area contributed by atoms with E-state index in [1.165, 1.54) is 30.3 Å². The van der Waals surface area contributed by atoms with E-state index >= 15 is 0 Å². The van der Waals surface area contributed by atoms with Crippen molar-refractivity contribution in [3.63, 3.8) is 0 Å². The van der Waals surface area contributed by atoms with Gasteiger partial charge < -0.3 is 20.0 Å². The number of aromatic nitrogens is 2. The molecule has 2 N–H and O–H groups in total. The van der Waals surface area contributed by atoms with Crippen LogP contribution in [0.15, 0.2) is 42.5 Å². The van der Waals surface area contributed by atoms with E-state index in [2.05, 4.69) is 20.6 Å². The highest BCUT2D eigenvalue weighted by atomic mass is 19.1. The van der Waals surface area contributed by atoms with E-state index in [4.69, 9.17) is 9.47 Å². The fourth-order valence-corrected chi connectivity index (χ4v) is 4.19. The molecule has 33 heavy (non-hydrogen) atoms. The van der Waals surface area contributed by atoms with Gasteiger partial charge in [0.05, 0.1) is 31.0 Å². The van der Waals surface area contributed by atoms with Gasteiger partial charge in [-0.05, 0) is 36.8 Å². The lowest BCUT2D eigenvalue weighted by Crippen LogP contribution is -2.50. The second kappa shape index (κ2) is 8.73. The van der Waals surface area contributed by atoms with Crippen molar-refractivity contribution in [3.8, 4) is 11.3 Å². The van der Waals surface area contributed by atoms with Gasteiger partial charge in [0.15, 0.2) is 17.8 Å². The maximum Gasteiger partial charge on any atom is 0.243 e. The molecular weight excluding hydrogens is 432 g/mol. The van der Waals surface area contributed by atoms with Gasteiger partial charge in [-0.15, -0.1) is 0 Å². The zero-order valence-electron chi connectivity index (χ0n) is 18.0. The monoisotopic (exact) mass is 455 g/mol. The molecule has 1 unspecified atom stereocenters. The summed E-state index contributed by atoms with van der Waals surface area (Å²) in [4.78, 5) is 9.17. The van der Waals surface area contributed by atoms with Gasteiger partial charge in [0, 0.05) is 18.2 Å². The van der Waals surface area contributed by atoms with Crippen LogP contribution in [-0.4, -0.2) is 42.7 Å². The van der Waals surface area contributed by atoms with E-state index in [0.717, 1.165) is 0 Å². The highest BCUT2D eigenvalue weighted by Crippen LogP contribution is 2.42. The number of rotatable bonds is 5. The van der Waals surface area contributed by atoms with Gasteiger partial charge >= 0.3 is 0 Å². The predicted octanol–water partition coefficient (Wildman–Crippen LogP) is 3.71. The average molecular weight is 455 g/mol. The molecule has 0 spiro atoms. The maximum atomic E-state index is 14.7. The molecule has 0 amide bonds. The molecule has 2 aliphatic heterocycles. The average Bonchev–Trinajstić information content (AvgIpc) is 3.32. The summed E-state index contributed by atoms with van der Waals surface area (Å²) >= 11 is 0. The van der Waals surface area contributed by atoms with E-state index in [0.29, 0.717) is 42.1 Å². The van der Waals surface area contributed by atoms with Crippen LogP contribution in [0.4, 0.5) is 26.2 Å². The summed E-state index contributed by atoms with van der Waals surface area (Å²) in [6.07, 6.45) is -0.458. The summed E-state index contributed by atoms with van der Waals surface area (Å²) in [5, 5.41) is 20.3. The molecule has 2 aliphatic rings. The molecule has 172 valence electrons. The van der Waals surface area contributed by atoms with Crippen molar-refractivity contribution in [2.24, 2.45) is 0 Å². The Morgan fingerprint density at radius 3 is 2.70 bits per heavy atom. The molecule has 1 saturated heterocycles. The Kier molecular flexibility index (Phi) is 5.77. The molecule has 0 bridgehead atoms. The van der Waals surface area contributed by atoms with Crippen LogP contribution in [0.5, 0.6) is 0 Å². The van der Waals surface area contributed by atoms with Crippen molar-refractivity contribution >= 4 is 17.5 Å². The van der Waals surface area contributed by atoms with E-state index in [1.54, 1.807) is 19.1 Å². The first-order chi connectivity index (χ1) is 16.0. The number of halogens is 2. The Morgan fingerprint density at radius 1 is 1.15 bits per heavy atom. The minimum atomic E-state index is -1.14. The normalized spacial score (nSPS) is 20.6. The number of anilines is 1. The number of benzene rings is 2. The number of nitrogens with zero attached hydrogens (tertiary/aromatic N) is 3. The van der Waals surface area contributed by atoms with Crippen molar-refractivity contribution < 1.29 is 18.3 Å². The number of hydrogen-bond donors (Lipinski definition) is 2. The fraction of sp³-hybridized carbons (Fsp3) is 0.304. The van der Waals surface area contributed by atoms with E-state index in [1.807, 2.05) is 0 Å². The van der Waals surface area contributed by atoms with Gasteiger partial charge in [0.1, 0.15) is 12.5 Å². The molecule has 3 heterocycles. The fourth-order valence-electron chi connectivity index (χ4n) is 4.19. The van der Waals surface area contributed by atoms with Crippen molar-refractivity contribution in [1.29, 1.82) is 0 Å². The van der Waals surface area contributed by atoms with Crippen LogP contribution in [0.3, 0.4) is 0 Å². The summed E-state index contributed by atoms with van der Waals surface area (Å²) in [6.45, 7) is 3.26. The molecule has 2 aromatic carbocycles. The first-order valence-corrected chi connectivity index (χ1v) is 10.7. The molecule has 0 saturated carbocycles. The van der Waals surface area contributed by atoms with Gasteiger partial charge in [0.2, 0.25) is 11.8 Å². The third-order valence-corrected chi connectivity index (χ3v) is 5.77. The van der Waals surface area contributed by atoms with Crippen molar-refractivity contribution in [1.82, 2.24) is 19.9 Å². The van der Waals surface area contributed by atoms with Crippen LogP contribution >= 0.6 is 0 Å². The van der Waals surface area contributed by atoms with E-state index in [9.17, 15) is 14.0 Å². The zero-order chi connectivity index (χ0) is 23.0. The van der Waals surface area contributed by atoms with Crippen LogP contribution in [0.25, 0.3) is 11.3 Å². The van der Waals surface area contributed by atoms with Gasteiger partial charge in [-0.2, -0.15) is 4.98 Å². The van der Waals surface area contributed by atoms with Gasteiger partial charge in [0.25, 0.3) is 0 Å². The molecule has 8 nitrogen and oxygen atoms in total. The zero-order valence-corrected chi connectivity index (χ0v) is 18.0. The highest BCUT2D eigenvalue weighted by molar-refractivity contribution is 5.75. The lowest BCUT2D eigenvalue weighted by atomic mass is 10.00. The number of hydroxylamine groups is 1. The number of aryl methyl sites for hydroxylation is 1. The molecule has 0 aliphatic carbocycles. The smallest absolute Gasteiger partial charge is 0.243 e. The number of para-hydroxylation sites is 1. The first-order valence-electron chi connectivity index (χ1n) is 10.7. The SMILES string of the molecule is Cc1cc(F)ccc1-c1nc(NCC2OCCO2)nc2c1CNC[N+]2([O-])c1ccccc1F. The summed E-state index contributed by atoms with van der Waals surface area (Å²) in [5.74, 6) is -0.680. The van der Waals surface area contributed by atoms with Crippen LogP contribution in [0.2, 0.25) is 0 Å². The molecule has 1 fully saturated rings. The quantitative estimate of drug-likeness (QED) is 0.448. The highest BCUT2D eigenvalue weighted by Gasteiger charge is 2.37. The van der Waals surface area contributed by atoms with Crippen LogP contribution in [0.1, 0.15) is 11.1 Å². The van der Waals surface area contributed by atoms with Crippen molar-refractivity contribution in [2.75, 3.05) is 31.7 Å². The van der Waals surface area contributed by atoms with E-state index < -0.39 is 16.8 Å². The lowest BCUT2D eigenvalue weighted by Gasteiger charge is -2.44. The molecule has 0 radical (unpaired) electrons. The summed E-state index contributed by atoms with van der Waals surface area (Å²) in [6, 6.07) is 10.2. The molecule has 1 aromatic heterocycles. The first kappa shape index (κ1) is 21.8. The van der Waals surface area contributed by atoms with Gasteiger partial charge in [-0.25, -0.2) is 13.8 Å². The molecule has 3 aromatic rings. The summed E-state index contributed by atoms with van der Waals surface area (Å²) in [7, 11) is 0. The van der Waals surface area contributed by atoms with Crippen LogP contribution < -0.4 is 15.3 Å². The largest absolute Gasteiger partial charge is 0.620 e. The Bertz CT molecular complexity index is 1190. The third kappa shape index (κ3) is 4.07. The standard InChI is InChI=1S/C23H23F2N5O3/c1-14-10-15(24)6-7-16(14)21-17-11-26-13-30(31,19-5-3-2-4-18(19)25)22(17)29-23(28-21)27-12-20-32-8-9-33-20/h2-7,10,20,26H,8-9,11-13H2,1H3,(H,27,28,29). The second-order valence-electron chi connectivity index (χ2n) is 7.99. The minimum Gasteiger partial charge on any atom is -0.620 e. The second-order valence-corrected chi connectivity index (χ2v) is 7.99. The summed E-state index contributed by atoms with van der Waals surface area (Å²) < 4.78 is 38.3. The number of hydrogen-bond acceptors (Lipinski definition) is 7. The minimum absolute atomic E-state index is 0.0557. The van der Waals surface area contributed by atoms with Gasteiger partial charge in [-0.1, -0.05) is 12.1 Å². The maximum absolute atomic E-state index is 14.7. The van der Waals surface area contributed by atoms with Crippen molar-refractivity contribution in [2.45, 2.75) is 19.8 Å². The predicted molar refractivity (Wildman–Crippen MR) is 119 cm³/mol. The van der Waals surface area contributed by atoms with Crippen LogP contribution in [0, 0.1) is 23.8 Å². The lowest BCUT2D eigenvalue weighted by molar-refractivity contribution is -0.0300. The van der Waals surface area contributed by atoms with Crippen LogP contribution in [-0.2, 0) is 16.0 Å². The third-order valence-electron chi connectivity index (χ3n) is 5.77. The number of quaternary nitrogens is 1. The Balaban J connectivity index is 1.66. The topological polar surface area (TPSA) is 91.4 Å². The summed E-state index contributed by atoms with van der Waals surface area (Å²) in [5.41, 5.74) is 2.28. The molecule has 10 heteroatoms. The Hall–Kier alpha value is -3.02. The Labute approximate surface area is 189 Å². The molecule has 1 atom stereocenters. The number of nitrogens with one attached hydrogen (secondary N) is 2.